The minimum atomic E-state index is -0.522. The fourth-order valence-corrected chi connectivity index (χ4v) is 2.79. The first-order valence-corrected chi connectivity index (χ1v) is 8.39. The Hall–Kier alpha value is -2.44. The Morgan fingerprint density at radius 1 is 1.32 bits per heavy atom. The SMILES string of the molecule is CC(C)(C)OC(=O)N1CCCC(c2noc(-c3ccc(F)cc3)n2)C1. The van der Waals surface area contributed by atoms with Crippen LogP contribution in [0.15, 0.2) is 28.8 Å². The minimum absolute atomic E-state index is 0.000725. The Morgan fingerprint density at radius 2 is 2.04 bits per heavy atom. The molecule has 0 N–H and O–H groups in total. The summed E-state index contributed by atoms with van der Waals surface area (Å²) in [6.45, 7) is 6.70. The van der Waals surface area contributed by atoms with E-state index in [4.69, 9.17) is 9.26 Å². The summed E-state index contributed by atoms with van der Waals surface area (Å²) in [4.78, 5) is 18.4. The minimum Gasteiger partial charge on any atom is -0.444 e. The average molecular weight is 347 g/mol. The highest BCUT2D eigenvalue weighted by atomic mass is 19.1. The lowest BCUT2D eigenvalue weighted by atomic mass is 9.98. The first-order valence-electron chi connectivity index (χ1n) is 8.39. The summed E-state index contributed by atoms with van der Waals surface area (Å²) in [5, 5.41) is 4.05. The van der Waals surface area contributed by atoms with E-state index in [1.807, 2.05) is 20.8 Å². The van der Waals surface area contributed by atoms with Crippen LogP contribution in [0.25, 0.3) is 11.5 Å². The van der Waals surface area contributed by atoms with Crippen molar-refractivity contribution < 1.29 is 18.4 Å². The number of carbonyl (C=O) groups is 1. The van der Waals surface area contributed by atoms with E-state index >= 15 is 0 Å². The van der Waals surface area contributed by atoms with Gasteiger partial charge >= 0.3 is 6.09 Å². The van der Waals surface area contributed by atoms with Crippen LogP contribution in [0, 0.1) is 5.82 Å². The summed E-state index contributed by atoms with van der Waals surface area (Å²) in [7, 11) is 0. The molecule has 1 aliphatic heterocycles. The smallest absolute Gasteiger partial charge is 0.410 e. The molecule has 1 fully saturated rings. The summed E-state index contributed by atoms with van der Waals surface area (Å²) in [5.74, 6) is 0.597. The zero-order chi connectivity index (χ0) is 18.0. The maximum absolute atomic E-state index is 13.0. The fraction of sp³-hybridized carbons (Fsp3) is 0.500. The Bertz CT molecular complexity index is 737. The second kappa shape index (κ2) is 6.82. The van der Waals surface area contributed by atoms with Crippen LogP contribution in [-0.2, 0) is 4.74 Å². The van der Waals surface area contributed by atoms with Crippen LogP contribution in [0.2, 0.25) is 0 Å². The van der Waals surface area contributed by atoms with Crippen molar-refractivity contribution in [2.75, 3.05) is 13.1 Å². The molecule has 0 spiro atoms. The number of halogens is 1. The van der Waals surface area contributed by atoms with E-state index < -0.39 is 5.60 Å². The summed E-state index contributed by atoms with van der Waals surface area (Å²) in [6.07, 6.45) is 1.41. The lowest BCUT2D eigenvalue weighted by molar-refractivity contribution is 0.0195. The van der Waals surface area contributed by atoms with Gasteiger partial charge in [0, 0.05) is 24.6 Å². The zero-order valence-corrected chi connectivity index (χ0v) is 14.7. The van der Waals surface area contributed by atoms with Gasteiger partial charge in [0.2, 0.25) is 0 Å². The van der Waals surface area contributed by atoms with Crippen LogP contribution in [-0.4, -0.2) is 39.8 Å². The third-order valence-electron chi connectivity index (χ3n) is 3.97. The molecule has 25 heavy (non-hydrogen) atoms. The van der Waals surface area contributed by atoms with E-state index in [9.17, 15) is 9.18 Å². The quantitative estimate of drug-likeness (QED) is 0.821. The molecule has 1 saturated heterocycles. The monoisotopic (exact) mass is 347 g/mol. The van der Waals surface area contributed by atoms with Gasteiger partial charge in [-0.3, -0.25) is 0 Å². The Morgan fingerprint density at radius 3 is 2.72 bits per heavy atom. The van der Waals surface area contributed by atoms with Crippen molar-refractivity contribution >= 4 is 6.09 Å². The number of amides is 1. The van der Waals surface area contributed by atoms with Crippen molar-refractivity contribution in [2.24, 2.45) is 0 Å². The predicted octanol–water partition coefficient (Wildman–Crippen LogP) is 3.99. The number of likely N-dealkylation sites (tertiary alicyclic amines) is 1. The second-order valence-electron chi connectivity index (χ2n) is 7.23. The van der Waals surface area contributed by atoms with Crippen molar-refractivity contribution in [1.82, 2.24) is 15.0 Å². The predicted molar refractivity (Wildman–Crippen MR) is 89.5 cm³/mol. The van der Waals surface area contributed by atoms with Crippen molar-refractivity contribution in [1.29, 1.82) is 0 Å². The molecule has 0 saturated carbocycles. The molecule has 7 heteroatoms. The Kier molecular flexibility index (Phi) is 4.74. The normalized spacial score (nSPS) is 18.2. The van der Waals surface area contributed by atoms with E-state index in [0.29, 0.717) is 30.4 Å². The van der Waals surface area contributed by atoms with Gasteiger partial charge in [0.05, 0.1) is 0 Å². The molecule has 1 aromatic carbocycles. The van der Waals surface area contributed by atoms with Crippen molar-refractivity contribution in [3.63, 3.8) is 0 Å². The molecule has 0 bridgehead atoms. The van der Waals surface area contributed by atoms with Gasteiger partial charge in [0.15, 0.2) is 5.82 Å². The number of rotatable bonds is 2. The number of carbonyl (C=O) groups excluding carboxylic acids is 1. The lowest BCUT2D eigenvalue weighted by Gasteiger charge is -2.32. The number of ether oxygens (including phenoxy) is 1. The van der Waals surface area contributed by atoms with E-state index in [2.05, 4.69) is 10.1 Å². The van der Waals surface area contributed by atoms with Gasteiger partial charge in [0.25, 0.3) is 5.89 Å². The zero-order valence-electron chi connectivity index (χ0n) is 14.7. The summed E-state index contributed by atoms with van der Waals surface area (Å²) in [6, 6.07) is 5.90. The first-order chi connectivity index (χ1) is 11.8. The van der Waals surface area contributed by atoms with Gasteiger partial charge in [-0.05, 0) is 57.9 Å². The first kappa shape index (κ1) is 17.4. The molecule has 1 atom stereocenters. The van der Waals surface area contributed by atoms with Crippen LogP contribution in [0.1, 0.15) is 45.4 Å². The molecule has 0 radical (unpaired) electrons. The standard InChI is InChI=1S/C18H22FN3O3/c1-18(2,3)24-17(23)22-10-4-5-13(11-22)15-20-16(25-21-15)12-6-8-14(19)9-7-12/h6-9,13H,4-5,10-11H2,1-3H3. The molecule has 3 rings (SSSR count). The molecule has 1 aliphatic rings. The molecule has 1 unspecified atom stereocenters. The highest BCUT2D eigenvalue weighted by Crippen LogP contribution is 2.28. The van der Waals surface area contributed by atoms with Gasteiger partial charge in [-0.2, -0.15) is 4.98 Å². The molecule has 0 aliphatic carbocycles. The summed E-state index contributed by atoms with van der Waals surface area (Å²) < 4.78 is 23.8. The molecule has 6 nitrogen and oxygen atoms in total. The topological polar surface area (TPSA) is 68.5 Å². The van der Waals surface area contributed by atoms with Gasteiger partial charge in [-0.15, -0.1) is 0 Å². The summed E-state index contributed by atoms with van der Waals surface area (Å²) >= 11 is 0. The van der Waals surface area contributed by atoms with Crippen molar-refractivity contribution in [3.8, 4) is 11.5 Å². The van der Waals surface area contributed by atoms with E-state index in [-0.39, 0.29) is 17.8 Å². The third kappa shape index (κ3) is 4.35. The van der Waals surface area contributed by atoms with Crippen molar-refractivity contribution in [2.45, 2.75) is 45.1 Å². The maximum atomic E-state index is 13.0. The highest BCUT2D eigenvalue weighted by molar-refractivity contribution is 5.68. The van der Waals surface area contributed by atoms with E-state index in [0.717, 1.165) is 12.8 Å². The number of piperidine rings is 1. The van der Waals surface area contributed by atoms with Crippen LogP contribution in [0.5, 0.6) is 0 Å². The van der Waals surface area contributed by atoms with Crippen molar-refractivity contribution in [3.05, 3.63) is 35.9 Å². The van der Waals surface area contributed by atoms with Crippen LogP contribution >= 0.6 is 0 Å². The Labute approximate surface area is 146 Å². The number of hydrogen-bond donors (Lipinski definition) is 0. The maximum Gasteiger partial charge on any atom is 0.410 e. The van der Waals surface area contributed by atoms with E-state index in [1.165, 1.54) is 12.1 Å². The molecule has 1 aromatic heterocycles. The number of aromatic nitrogens is 2. The van der Waals surface area contributed by atoms with Crippen LogP contribution in [0.4, 0.5) is 9.18 Å². The molecular weight excluding hydrogens is 325 g/mol. The molecular formula is C18H22FN3O3. The number of hydrogen-bond acceptors (Lipinski definition) is 5. The molecule has 2 heterocycles. The van der Waals surface area contributed by atoms with Gasteiger partial charge in [-0.25, -0.2) is 9.18 Å². The molecule has 1 amide bonds. The van der Waals surface area contributed by atoms with Gasteiger partial charge < -0.3 is 14.2 Å². The second-order valence-corrected chi connectivity index (χ2v) is 7.23. The van der Waals surface area contributed by atoms with Gasteiger partial charge in [-0.1, -0.05) is 5.16 Å². The fourth-order valence-electron chi connectivity index (χ4n) is 2.79. The van der Waals surface area contributed by atoms with Crippen LogP contribution in [0.3, 0.4) is 0 Å². The molecule has 2 aromatic rings. The average Bonchev–Trinajstić information content (AvgIpc) is 3.04. The Balaban J connectivity index is 1.70. The number of benzene rings is 1. The largest absolute Gasteiger partial charge is 0.444 e. The van der Waals surface area contributed by atoms with Gasteiger partial charge in [0.1, 0.15) is 11.4 Å². The van der Waals surface area contributed by atoms with Crippen LogP contribution < -0.4 is 0 Å². The third-order valence-corrected chi connectivity index (χ3v) is 3.97. The number of nitrogens with zero attached hydrogens (tertiary/aromatic N) is 3. The van der Waals surface area contributed by atoms with E-state index in [1.54, 1.807) is 17.0 Å². The lowest BCUT2D eigenvalue weighted by Crippen LogP contribution is -2.42. The summed E-state index contributed by atoms with van der Waals surface area (Å²) in [5.41, 5.74) is 0.145. The highest BCUT2D eigenvalue weighted by Gasteiger charge is 2.30. The molecule has 134 valence electrons.